The number of aliphatic hydroxyl groups excluding tert-OH is 1. The summed E-state index contributed by atoms with van der Waals surface area (Å²) >= 11 is 0. The van der Waals surface area contributed by atoms with E-state index in [-0.39, 0.29) is 42.8 Å². The summed E-state index contributed by atoms with van der Waals surface area (Å²) in [6.45, 7) is -0.0520. The molecule has 1 saturated carbocycles. The second kappa shape index (κ2) is 9.98. The van der Waals surface area contributed by atoms with Crippen molar-refractivity contribution in [2.24, 2.45) is 5.92 Å². The molecular weight excluding hydrogens is 455 g/mol. The molecule has 13 heteroatoms. The number of carbonyl (C=O) groups excluding carboxylic acids is 2. The van der Waals surface area contributed by atoms with Crippen LogP contribution in [-0.2, 0) is 6.54 Å². The summed E-state index contributed by atoms with van der Waals surface area (Å²) in [5.74, 6) is -4.13. The number of carbonyl (C=O) groups is 2. The molecule has 0 unspecified atom stereocenters. The molecule has 1 saturated heterocycles. The standard InChI is InChI=1S/C20H25F5N4O4/c1-26-18(31)28-8-11(10-30)4-14(9-28)29(13-2-3-13)19(32)27-7-12-5-16(22)17(6-15(12)21)33-20(23,24)25/h5-6,11,13-14,30H,2-4,7-10H2,1H3,(H,26,31)(H,27,32)/t11-,14+/m0/s1. The van der Waals surface area contributed by atoms with Crippen LogP contribution in [-0.4, -0.2) is 72.2 Å². The van der Waals surface area contributed by atoms with E-state index in [1.165, 1.54) is 11.9 Å². The normalized spacial score (nSPS) is 20.9. The highest BCUT2D eigenvalue weighted by Gasteiger charge is 2.41. The molecule has 0 spiro atoms. The summed E-state index contributed by atoms with van der Waals surface area (Å²) < 4.78 is 68.4. The van der Waals surface area contributed by atoms with E-state index in [1.807, 2.05) is 0 Å². The number of piperidine rings is 1. The van der Waals surface area contributed by atoms with Crippen LogP contribution in [0, 0.1) is 17.6 Å². The molecule has 3 N–H and O–H groups in total. The van der Waals surface area contributed by atoms with E-state index in [2.05, 4.69) is 15.4 Å². The molecule has 2 atom stereocenters. The van der Waals surface area contributed by atoms with Gasteiger partial charge in [0.15, 0.2) is 11.6 Å². The van der Waals surface area contributed by atoms with E-state index < -0.39 is 42.4 Å². The Labute approximate surface area is 186 Å². The number of benzene rings is 1. The molecule has 2 fully saturated rings. The van der Waals surface area contributed by atoms with Gasteiger partial charge in [-0.1, -0.05) is 0 Å². The third kappa shape index (κ3) is 6.36. The van der Waals surface area contributed by atoms with Crippen molar-refractivity contribution < 1.29 is 41.4 Å². The zero-order valence-corrected chi connectivity index (χ0v) is 17.8. The highest BCUT2D eigenvalue weighted by atomic mass is 19.4. The van der Waals surface area contributed by atoms with E-state index in [1.54, 1.807) is 4.90 Å². The Hall–Kier alpha value is -2.83. The number of nitrogens with one attached hydrogen (secondary N) is 2. The molecule has 1 aliphatic heterocycles. The van der Waals surface area contributed by atoms with E-state index in [4.69, 9.17) is 0 Å². The first-order chi connectivity index (χ1) is 15.5. The maximum absolute atomic E-state index is 14.2. The van der Waals surface area contributed by atoms with Gasteiger partial charge in [0.1, 0.15) is 5.82 Å². The Kier molecular flexibility index (Phi) is 7.50. The molecule has 0 bridgehead atoms. The number of halogens is 5. The lowest BCUT2D eigenvalue weighted by atomic mass is 9.94. The van der Waals surface area contributed by atoms with Gasteiger partial charge in [-0.2, -0.15) is 0 Å². The third-order valence-electron chi connectivity index (χ3n) is 5.60. The predicted molar refractivity (Wildman–Crippen MR) is 105 cm³/mol. The molecule has 4 amide bonds. The average Bonchev–Trinajstić information content (AvgIpc) is 3.58. The maximum Gasteiger partial charge on any atom is 0.573 e. The number of amides is 4. The van der Waals surface area contributed by atoms with Crippen LogP contribution in [0.15, 0.2) is 12.1 Å². The van der Waals surface area contributed by atoms with Gasteiger partial charge < -0.3 is 30.3 Å². The quantitative estimate of drug-likeness (QED) is 0.546. The SMILES string of the molecule is CNC(=O)N1C[C@@H](CO)C[C@@H](N(C(=O)NCc2cc(F)c(OC(F)(F)F)cc2F)C2CC2)C1. The van der Waals surface area contributed by atoms with Crippen LogP contribution in [0.3, 0.4) is 0 Å². The van der Waals surface area contributed by atoms with E-state index in [0.717, 1.165) is 12.8 Å². The number of alkyl halides is 3. The van der Waals surface area contributed by atoms with Crippen molar-refractivity contribution in [1.29, 1.82) is 0 Å². The topological polar surface area (TPSA) is 94.1 Å². The van der Waals surface area contributed by atoms with E-state index >= 15 is 0 Å². The fourth-order valence-electron chi connectivity index (χ4n) is 3.98. The predicted octanol–water partition coefficient (Wildman–Crippen LogP) is 2.56. The van der Waals surface area contributed by atoms with E-state index in [0.29, 0.717) is 19.0 Å². The first-order valence-corrected chi connectivity index (χ1v) is 10.4. The highest BCUT2D eigenvalue weighted by Crippen LogP contribution is 2.33. The summed E-state index contributed by atoms with van der Waals surface area (Å²) in [6.07, 6.45) is -3.25. The fraction of sp³-hybridized carbons (Fsp3) is 0.600. The number of nitrogens with zero attached hydrogens (tertiary/aromatic N) is 2. The third-order valence-corrected chi connectivity index (χ3v) is 5.60. The van der Waals surface area contributed by atoms with E-state index in [9.17, 15) is 36.6 Å². The van der Waals surface area contributed by atoms with Gasteiger partial charge in [-0.25, -0.2) is 18.4 Å². The van der Waals surface area contributed by atoms with Gasteiger partial charge in [-0.05, 0) is 25.3 Å². The summed E-state index contributed by atoms with van der Waals surface area (Å²) in [4.78, 5) is 28.1. The van der Waals surface area contributed by atoms with Crippen molar-refractivity contribution in [3.8, 4) is 5.75 Å². The molecule has 1 heterocycles. The lowest BCUT2D eigenvalue weighted by Crippen LogP contribution is -2.58. The number of urea groups is 2. The molecule has 0 radical (unpaired) electrons. The summed E-state index contributed by atoms with van der Waals surface area (Å²) in [6, 6.07) is -0.597. The zero-order valence-electron chi connectivity index (χ0n) is 17.8. The van der Waals surface area contributed by atoms with Crippen LogP contribution in [0.5, 0.6) is 5.75 Å². The second-order valence-corrected chi connectivity index (χ2v) is 8.12. The molecule has 33 heavy (non-hydrogen) atoms. The maximum atomic E-state index is 14.2. The molecule has 3 rings (SSSR count). The molecule has 1 aliphatic carbocycles. The molecule has 2 aliphatic rings. The Morgan fingerprint density at radius 2 is 1.88 bits per heavy atom. The monoisotopic (exact) mass is 480 g/mol. The number of hydrogen-bond donors (Lipinski definition) is 3. The van der Waals surface area contributed by atoms with Crippen LogP contribution >= 0.6 is 0 Å². The van der Waals surface area contributed by atoms with Crippen LogP contribution < -0.4 is 15.4 Å². The summed E-state index contributed by atoms with van der Waals surface area (Å²) in [5.41, 5.74) is -0.352. The van der Waals surface area contributed by atoms with Crippen molar-refractivity contribution in [2.75, 3.05) is 26.7 Å². The van der Waals surface area contributed by atoms with Gasteiger partial charge in [-0.3, -0.25) is 0 Å². The summed E-state index contributed by atoms with van der Waals surface area (Å²) in [5, 5.41) is 14.6. The van der Waals surface area contributed by atoms with Crippen LogP contribution in [0.4, 0.5) is 31.5 Å². The van der Waals surface area contributed by atoms with Crippen LogP contribution in [0.25, 0.3) is 0 Å². The minimum atomic E-state index is -5.18. The average molecular weight is 480 g/mol. The van der Waals surface area contributed by atoms with Crippen LogP contribution in [0.2, 0.25) is 0 Å². The summed E-state index contributed by atoms with van der Waals surface area (Å²) in [7, 11) is 1.48. The number of likely N-dealkylation sites (tertiary alicyclic amines) is 1. The smallest absolute Gasteiger partial charge is 0.403 e. The van der Waals surface area contributed by atoms with Crippen molar-refractivity contribution in [2.45, 2.75) is 44.3 Å². The lowest BCUT2D eigenvalue weighted by Gasteiger charge is -2.42. The zero-order chi connectivity index (χ0) is 24.3. The Morgan fingerprint density at radius 1 is 1.18 bits per heavy atom. The Balaban J connectivity index is 1.70. The fourth-order valence-corrected chi connectivity index (χ4v) is 3.98. The molecule has 8 nitrogen and oxygen atoms in total. The number of ether oxygens (including phenoxy) is 1. The highest BCUT2D eigenvalue weighted by molar-refractivity contribution is 5.76. The molecule has 0 aromatic heterocycles. The lowest BCUT2D eigenvalue weighted by molar-refractivity contribution is -0.275. The molecule has 184 valence electrons. The number of rotatable bonds is 6. The van der Waals surface area contributed by atoms with Gasteiger partial charge in [-0.15, -0.1) is 13.2 Å². The van der Waals surface area contributed by atoms with Crippen molar-refractivity contribution in [3.05, 3.63) is 29.3 Å². The Bertz CT molecular complexity index is 881. The minimum absolute atomic E-state index is 0.0943. The number of hydrogen-bond acceptors (Lipinski definition) is 4. The van der Waals surface area contributed by atoms with Gasteiger partial charge >= 0.3 is 18.4 Å². The van der Waals surface area contributed by atoms with Gasteiger partial charge in [0.2, 0.25) is 0 Å². The number of aliphatic hydroxyl groups is 1. The van der Waals surface area contributed by atoms with Crippen molar-refractivity contribution in [3.63, 3.8) is 0 Å². The molecule has 1 aromatic carbocycles. The molecular formula is C20H25F5N4O4. The van der Waals surface area contributed by atoms with Crippen molar-refractivity contribution >= 4 is 12.1 Å². The van der Waals surface area contributed by atoms with Gasteiger partial charge in [0.25, 0.3) is 0 Å². The first kappa shape index (κ1) is 24.8. The minimum Gasteiger partial charge on any atom is -0.403 e. The van der Waals surface area contributed by atoms with Crippen molar-refractivity contribution in [1.82, 2.24) is 20.4 Å². The Morgan fingerprint density at radius 3 is 2.45 bits per heavy atom. The molecule has 1 aromatic rings. The first-order valence-electron chi connectivity index (χ1n) is 10.4. The largest absolute Gasteiger partial charge is 0.573 e. The van der Waals surface area contributed by atoms with Gasteiger partial charge in [0.05, 0.1) is 6.04 Å². The van der Waals surface area contributed by atoms with Gasteiger partial charge in [0, 0.05) is 56.9 Å². The van der Waals surface area contributed by atoms with Crippen LogP contribution in [0.1, 0.15) is 24.8 Å². The second-order valence-electron chi connectivity index (χ2n) is 8.12.